The van der Waals surface area contributed by atoms with Gasteiger partial charge < -0.3 is 15.8 Å². The Balaban J connectivity index is 2.52. The van der Waals surface area contributed by atoms with Crippen LogP contribution in [0.4, 0.5) is 5.69 Å². The third-order valence-corrected chi connectivity index (χ3v) is 2.59. The van der Waals surface area contributed by atoms with Gasteiger partial charge in [0.25, 0.3) is 5.91 Å². The summed E-state index contributed by atoms with van der Waals surface area (Å²) in [6.45, 7) is 6.04. The third-order valence-electron chi connectivity index (χ3n) is 2.59. The molecule has 1 aromatic carbocycles. The summed E-state index contributed by atoms with van der Waals surface area (Å²) in [5.74, 6) is -0.541. The Morgan fingerprint density at radius 3 is 2.68 bits per heavy atom. The van der Waals surface area contributed by atoms with Crippen LogP contribution in [0, 0.1) is 12.8 Å². The number of benzene rings is 1. The van der Waals surface area contributed by atoms with Crippen LogP contribution in [0.1, 0.15) is 29.8 Å². The number of amides is 1. The van der Waals surface area contributed by atoms with Gasteiger partial charge >= 0.3 is 5.97 Å². The van der Waals surface area contributed by atoms with E-state index in [1.165, 1.54) is 0 Å². The molecule has 0 spiro atoms. The lowest BCUT2D eigenvalue weighted by Crippen LogP contribution is -2.31. The van der Waals surface area contributed by atoms with Gasteiger partial charge in [0.1, 0.15) is 0 Å². The third kappa shape index (κ3) is 4.62. The number of nitrogens with two attached hydrogens (primary N) is 1. The van der Waals surface area contributed by atoms with Crippen molar-refractivity contribution in [2.75, 3.05) is 18.9 Å². The van der Waals surface area contributed by atoms with Crippen molar-refractivity contribution in [3.05, 3.63) is 29.3 Å². The number of nitrogens with one attached hydrogen (secondary N) is 1. The molecule has 0 atom stereocenters. The molecule has 1 amide bonds. The average molecular weight is 264 g/mol. The summed E-state index contributed by atoms with van der Waals surface area (Å²) in [6, 6.07) is 5.11. The number of anilines is 1. The second-order valence-electron chi connectivity index (χ2n) is 4.81. The molecule has 0 saturated carbocycles. The zero-order valence-corrected chi connectivity index (χ0v) is 11.5. The van der Waals surface area contributed by atoms with Crippen LogP contribution < -0.4 is 11.1 Å². The molecular formula is C14H20N2O3. The van der Waals surface area contributed by atoms with Gasteiger partial charge in [0, 0.05) is 12.2 Å². The molecule has 0 heterocycles. The number of ether oxygens (including phenoxy) is 1. The first-order valence-electron chi connectivity index (χ1n) is 6.20. The molecule has 1 rings (SSSR count). The van der Waals surface area contributed by atoms with Crippen LogP contribution in [-0.2, 0) is 9.53 Å². The normalized spacial score (nSPS) is 10.3. The van der Waals surface area contributed by atoms with Crippen molar-refractivity contribution in [2.24, 2.45) is 5.92 Å². The molecular weight excluding hydrogens is 244 g/mol. The lowest BCUT2D eigenvalue weighted by molar-refractivity contribution is -0.124. The highest BCUT2D eigenvalue weighted by molar-refractivity contribution is 5.96. The van der Waals surface area contributed by atoms with Crippen LogP contribution in [0.25, 0.3) is 0 Å². The van der Waals surface area contributed by atoms with Gasteiger partial charge in [0.05, 0.1) is 5.56 Å². The van der Waals surface area contributed by atoms with Gasteiger partial charge in [-0.15, -0.1) is 0 Å². The van der Waals surface area contributed by atoms with Crippen LogP contribution in [0.5, 0.6) is 0 Å². The molecule has 0 fully saturated rings. The molecule has 3 N–H and O–H groups in total. The van der Waals surface area contributed by atoms with Gasteiger partial charge in [0.15, 0.2) is 6.61 Å². The van der Waals surface area contributed by atoms with E-state index in [0.717, 1.165) is 5.56 Å². The second kappa shape index (κ2) is 6.78. The zero-order chi connectivity index (χ0) is 14.4. The largest absolute Gasteiger partial charge is 0.452 e. The lowest BCUT2D eigenvalue weighted by Gasteiger charge is -2.10. The summed E-state index contributed by atoms with van der Waals surface area (Å²) in [6.07, 6.45) is 0. The molecule has 0 aliphatic carbocycles. The predicted octanol–water partition coefficient (Wildman–Crippen LogP) is 1.51. The highest BCUT2D eigenvalue weighted by Crippen LogP contribution is 2.17. The first-order valence-corrected chi connectivity index (χ1v) is 6.20. The van der Waals surface area contributed by atoms with Crippen molar-refractivity contribution >= 4 is 17.6 Å². The van der Waals surface area contributed by atoms with E-state index in [9.17, 15) is 9.59 Å². The maximum absolute atomic E-state index is 11.8. The van der Waals surface area contributed by atoms with E-state index in [2.05, 4.69) is 5.32 Å². The SMILES string of the molecule is Cc1cccc(C(=O)OCC(=O)NCC(C)C)c1N. The summed E-state index contributed by atoms with van der Waals surface area (Å²) < 4.78 is 4.93. The number of carbonyl (C=O) groups is 2. The maximum Gasteiger partial charge on any atom is 0.340 e. The maximum atomic E-state index is 11.8. The fraction of sp³-hybridized carbons (Fsp3) is 0.429. The van der Waals surface area contributed by atoms with E-state index in [0.29, 0.717) is 18.2 Å². The van der Waals surface area contributed by atoms with Gasteiger partial charge in [-0.1, -0.05) is 26.0 Å². The monoisotopic (exact) mass is 264 g/mol. The average Bonchev–Trinajstić information content (AvgIpc) is 2.36. The van der Waals surface area contributed by atoms with Crippen LogP contribution in [0.2, 0.25) is 0 Å². The highest BCUT2D eigenvalue weighted by Gasteiger charge is 2.14. The van der Waals surface area contributed by atoms with Gasteiger partial charge in [-0.2, -0.15) is 0 Å². The molecule has 0 aromatic heterocycles. The number of rotatable bonds is 5. The first-order chi connectivity index (χ1) is 8.91. The highest BCUT2D eigenvalue weighted by atomic mass is 16.5. The van der Waals surface area contributed by atoms with Crippen molar-refractivity contribution in [3.8, 4) is 0 Å². The van der Waals surface area contributed by atoms with Crippen LogP contribution in [0.3, 0.4) is 0 Å². The van der Waals surface area contributed by atoms with E-state index in [1.54, 1.807) is 12.1 Å². The van der Waals surface area contributed by atoms with E-state index >= 15 is 0 Å². The Kier molecular flexibility index (Phi) is 5.36. The van der Waals surface area contributed by atoms with Crippen LogP contribution >= 0.6 is 0 Å². The van der Waals surface area contributed by atoms with Gasteiger partial charge in [-0.25, -0.2) is 4.79 Å². The topological polar surface area (TPSA) is 81.4 Å². The van der Waals surface area contributed by atoms with Gasteiger partial charge in [0.2, 0.25) is 0 Å². The number of para-hydroxylation sites is 1. The molecule has 1 aromatic rings. The van der Waals surface area contributed by atoms with Crippen molar-refractivity contribution in [2.45, 2.75) is 20.8 Å². The molecule has 19 heavy (non-hydrogen) atoms. The van der Waals surface area contributed by atoms with Crippen LogP contribution in [0.15, 0.2) is 18.2 Å². The molecule has 104 valence electrons. The smallest absolute Gasteiger partial charge is 0.340 e. The van der Waals surface area contributed by atoms with Crippen molar-refractivity contribution in [1.29, 1.82) is 0 Å². The van der Waals surface area contributed by atoms with Crippen molar-refractivity contribution in [1.82, 2.24) is 5.32 Å². The number of esters is 1. The summed E-state index contributed by atoms with van der Waals surface area (Å²) in [4.78, 5) is 23.2. The zero-order valence-electron chi connectivity index (χ0n) is 11.5. The quantitative estimate of drug-likeness (QED) is 0.624. The number of aryl methyl sites for hydroxylation is 1. The standard InChI is InChI=1S/C14H20N2O3/c1-9(2)7-16-12(17)8-19-14(18)11-6-4-5-10(3)13(11)15/h4-6,9H,7-8,15H2,1-3H3,(H,16,17). The molecule has 0 aliphatic rings. The Morgan fingerprint density at radius 1 is 1.37 bits per heavy atom. The fourth-order valence-electron chi connectivity index (χ4n) is 1.44. The lowest BCUT2D eigenvalue weighted by atomic mass is 10.1. The van der Waals surface area contributed by atoms with E-state index < -0.39 is 5.97 Å². The predicted molar refractivity (Wildman–Crippen MR) is 73.7 cm³/mol. The Labute approximate surface area is 113 Å². The Bertz CT molecular complexity index is 470. The molecule has 5 nitrogen and oxygen atoms in total. The molecule has 0 bridgehead atoms. The molecule has 0 saturated heterocycles. The number of carbonyl (C=O) groups excluding carboxylic acids is 2. The van der Waals surface area contributed by atoms with Crippen molar-refractivity contribution < 1.29 is 14.3 Å². The summed E-state index contributed by atoms with van der Waals surface area (Å²) in [5, 5.41) is 2.67. The van der Waals surface area contributed by atoms with Gasteiger partial charge in [-0.3, -0.25) is 4.79 Å². The summed E-state index contributed by atoms with van der Waals surface area (Å²) in [5.41, 5.74) is 7.26. The van der Waals surface area contributed by atoms with Gasteiger partial charge in [-0.05, 0) is 24.5 Å². The number of hydrogen-bond donors (Lipinski definition) is 2. The minimum Gasteiger partial charge on any atom is -0.452 e. The minimum atomic E-state index is -0.583. The van der Waals surface area contributed by atoms with E-state index in [-0.39, 0.29) is 18.1 Å². The van der Waals surface area contributed by atoms with E-state index in [1.807, 2.05) is 26.8 Å². The molecule has 0 radical (unpaired) electrons. The Morgan fingerprint density at radius 2 is 2.05 bits per heavy atom. The number of hydrogen-bond acceptors (Lipinski definition) is 4. The van der Waals surface area contributed by atoms with Crippen molar-refractivity contribution in [3.63, 3.8) is 0 Å². The first kappa shape index (κ1) is 15.0. The number of nitrogen functional groups attached to an aromatic ring is 1. The summed E-state index contributed by atoms with van der Waals surface area (Å²) in [7, 11) is 0. The molecule has 0 unspecified atom stereocenters. The Hall–Kier alpha value is -2.04. The molecule has 0 aliphatic heterocycles. The van der Waals surface area contributed by atoms with E-state index in [4.69, 9.17) is 10.5 Å². The minimum absolute atomic E-state index is 0.289. The summed E-state index contributed by atoms with van der Waals surface area (Å²) >= 11 is 0. The van der Waals surface area contributed by atoms with Crippen LogP contribution in [-0.4, -0.2) is 25.0 Å². The molecule has 5 heteroatoms. The fourth-order valence-corrected chi connectivity index (χ4v) is 1.44. The second-order valence-corrected chi connectivity index (χ2v) is 4.81.